The highest BCUT2D eigenvalue weighted by Crippen LogP contribution is 2.15. The van der Waals surface area contributed by atoms with Gasteiger partial charge in [-0.1, -0.05) is 42.5 Å². The third-order valence-corrected chi connectivity index (χ3v) is 3.60. The number of rotatable bonds is 6. The van der Waals surface area contributed by atoms with Crippen molar-refractivity contribution in [3.05, 3.63) is 93.9 Å². The summed E-state index contributed by atoms with van der Waals surface area (Å²) in [6, 6.07) is 19.8. The first-order valence-electron chi connectivity index (χ1n) is 7.75. The summed E-state index contributed by atoms with van der Waals surface area (Å²) in [4.78, 5) is 23.1. The van der Waals surface area contributed by atoms with Gasteiger partial charge in [0.1, 0.15) is 18.1 Å². The highest BCUT2D eigenvalue weighted by Gasteiger charge is 2.07. The molecule has 126 valence electrons. The molecule has 0 unspecified atom stereocenters. The number of nitrogens with zero attached hydrogens (tertiary/aromatic N) is 2. The van der Waals surface area contributed by atoms with Crippen molar-refractivity contribution >= 4 is 5.91 Å². The summed E-state index contributed by atoms with van der Waals surface area (Å²) in [5, 5.41) is 3.98. The number of hydrogen-bond acceptors (Lipinski definition) is 4. The third-order valence-electron chi connectivity index (χ3n) is 3.60. The number of amides is 1. The van der Waals surface area contributed by atoms with Crippen LogP contribution in [0.4, 0.5) is 0 Å². The lowest BCUT2D eigenvalue weighted by Crippen LogP contribution is -2.26. The number of primary amides is 1. The van der Waals surface area contributed by atoms with Gasteiger partial charge in [-0.2, -0.15) is 5.10 Å². The Morgan fingerprint density at radius 2 is 1.76 bits per heavy atom. The first-order valence-corrected chi connectivity index (χ1v) is 7.75. The fourth-order valence-electron chi connectivity index (χ4n) is 2.34. The number of ether oxygens (including phenoxy) is 1. The van der Waals surface area contributed by atoms with E-state index in [0.29, 0.717) is 12.4 Å². The Labute approximate surface area is 144 Å². The van der Waals surface area contributed by atoms with E-state index in [4.69, 9.17) is 10.5 Å². The first-order chi connectivity index (χ1) is 12.1. The van der Waals surface area contributed by atoms with E-state index in [1.54, 1.807) is 0 Å². The SMILES string of the molecule is NC(=O)c1ccc(=O)n(Cc2cccc(OCc3ccccc3)c2)n1. The van der Waals surface area contributed by atoms with E-state index in [-0.39, 0.29) is 17.8 Å². The second-order valence-corrected chi connectivity index (χ2v) is 5.50. The van der Waals surface area contributed by atoms with Gasteiger partial charge in [0.25, 0.3) is 11.5 Å². The van der Waals surface area contributed by atoms with Gasteiger partial charge in [0.15, 0.2) is 0 Å². The molecular formula is C19H17N3O3. The van der Waals surface area contributed by atoms with E-state index < -0.39 is 5.91 Å². The Kier molecular flexibility index (Phi) is 4.89. The summed E-state index contributed by atoms with van der Waals surface area (Å²) in [7, 11) is 0. The molecule has 1 heterocycles. The van der Waals surface area contributed by atoms with E-state index in [9.17, 15) is 9.59 Å². The number of carbonyl (C=O) groups excluding carboxylic acids is 1. The zero-order valence-electron chi connectivity index (χ0n) is 13.5. The maximum atomic E-state index is 11.9. The van der Waals surface area contributed by atoms with Crippen molar-refractivity contribution in [3.8, 4) is 5.75 Å². The lowest BCUT2D eigenvalue weighted by Gasteiger charge is -2.09. The average Bonchev–Trinajstić information content (AvgIpc) is 2.63. The van der Waals surface area contributed by atoms with Crippen LogP contribution >= 0.6 is 0 Å². The summed E-state index contributed by atoms with van der Waals surface area (Å²) in [5.41, 5.74) is 6.86. The smallest absolute Gasteiger partial charge is 0.269 e. The minimum absolute atomic E-state index is 0.0519. The molecule has 25 heavy (non-hydrogen) atoms. The Morgan fingerprint density at radius 1 is 1.00 bits per heavy atom. The van der Waals surface area contributed by atoms with Crippen molar-refractivity contribution in [2.45, 2.75) is 13.2 Å². The van der Waals surface area contributed by atoms with Crippen LogP contribution < -0.4 is 16.0 Å². The third kappa shape index (κ3) is 4.32. The Bertz CT molecular complexity index is 936. The fourth-order valence-corrected chi connectivity index (χ4v) is 2.34. The highest BCUT2D eigenvalue weighted by molar-refractivity contribution is 5.90. The molecule has 0 saturated carbocycles. The molecule has 6 nitrogen and oxygen atoms in total. The molecule has 1 aromatic heterocycles. The van der Waals surface area contributed by atoms with Gasteiger partial charge < -0.3 is 10.5 Å². The van der Waals surface area contributed by atoms with E-state index in [1.807, 2.05) is 54.6 Å². The zero-order valence-corrected chi connectivity index (χ0v) is 13.5. The Hall–Kier alpha value is -3.41. The number of carbonyl (C=O) groups is 1. The quantitative estimate of drug-likeness (QED) is 0.746. The molecule has 1 amide bonds. The van der Waals surface area contributed by atoms with Gasteiger partial charge in [-0.05, 0) is 29.3 Å². The lowest BCUT2D eigenvalue weighted by molar-refractivity contribution is 0.0993. The maximum Gasteiger partial charge on any atom is 0.269 e. The maximum absolute atomic E-state index is 11.9. The molecule has 3 rings (SSSR count). The topological polar surface area (TPSA) is 87.2 Å². The van der Waals surface area contributed by atoms with Crippen LogP contribution in [0.5, 0.6) is 5.75 Å². The molecule has 0 aliphatic rings. The van der Waals surface area contributed by atoms with Crippen LogP contribution in [0.15, 0.2) is 71.5 Å². The van der Waals surface area contributed by atoms with Crippen molar-refractivity contribution in [1.29, 1.82) is 0 Å². The molecule has 2 N–H and O–H groups in total. The number of hydrogen-bond donors (Lipinski definition) is 1. The zero-order chi connectivity index (χ0) is 17.6. The number of nitrogens with two attached hydrogens (primary N) is 1. The van der Waals surface area contributed by atoms with Crippen molar-refractivity contribution in [2.24, 2.45) is 5.73 Å². The van der Waals surface area contributed by atoms with Crippen LogP contribution in [0.1, 0.15) is 21.6 Å². The largest absolute Gasteiger partial charge is 0.489 e. The van der Waals surface area contributed by atoms with Crippen LogP contribution in [0.3, 0.4) is 0 Å². The molecule has 3 aromatic rings. The minimum atomic E-state index is -0.673. The van der Waals surface area contributed by atoms with Gasteiger partial charge in [0.2, 0.25) is 0 Å². The standard InChI is InChI=1S/C19H17N3O3/c20-19(24)17-9-10-18(23)22(21-17)12-15-7-4-8-16(11-15)25-13-14-5-2-1-3-6-14/h1-11H,12-13H2,(H2,20,24). The molecule has 0 saturated heterocycles. The molecule has 0 aliphatic carbocycles. The number of benzene rings is 2. The molecule has 0 radical (unpaired) electrons. The Balaban J connectivity index is 1.75. The van der Waals surface area contributed by atoms with Crippen LogP contribution in [0.25, 0.3) is 0 Å². The van der Waals surface area contributed by atoms with E-state index >= 15 is 0 Å². The summed E-state index contributed by atoms with van der Waals surface area (Å²) < 4.78 is 6.99. The summed E-state index contributed by atoms with van der Waals surface area (Å²) in [5.74, 6) is 0.0224. The van der Waals surface area contributed by atoms with Crippen molar-refractivity contribution in [3.63, 3.8) is 0 Å². The van der Waals surface area contributed by atoms with Gasteiger partial charge in [-0.15, -0.1) is 0 Å². The van der Waals surface area contributed by atoms with E-state index in [0.717, 1.165) is 11.1 Å². The van der Waals surface area contributed by atoms with E-state index in [2.05, 4.69) is 5.10 Å². The average molecular weight is 335 g/mol. The highest BCUT2D eigenvalue weighted by atomic mass is 16.5. The van der Waals surface area contributed by atoms with Gasteiger partial charge in [-0.3, -0.25) is 9.59 Å². The van der Waals surface area contributed by atoms with Crippen LogP contribution in [-0.4, -0.2) is 15.7 Å². The molecule has 0 fully saturated rings. The second-order valence-electron chi connectivity index (χ2n) is 5.50. The first kappa shape index (κ1) is 16.4. The summed E-state index contributed by atoms with van der Waals surface area (Å²) >= 11 is 0. The molecular weight excluding hydrogens is 318 g/mol. The van der Waals surface area contributed by atoms with Gasteiger partial charge in [0, 0.05) is 6.07 Å². The summed E-state index contributed by atoms with van der Waals surface area (Å²) in [6.45, 7) is 0.683. The normalized spacial score (nSPS) is 10.4. The molecule has 0 bridgehead atoms. The molecule has 0 aliphatic heterocycles. The predicted octanol–water partition coefficient (Wildman–Crippen LogP) is 1.97. The second kappa shape index (κ2) is 7.44. The van der Waals surface area contributed by atoms with Gasteiger partial charge >= 0.3 is 0 Å². The van der Waals surface area contributed by atoms with Crippen molar-refractivity contribution in [2.75, 3.05) is 0 Å². The molecule has 0 atom stereocenters. The Morgan fingerprint density at radius 3 is 2.52 bits per heavy atom. The molecule has 2 aromatic carbocycles. The minimum Gasteiger partial charge on any atom is -0.489 e. The lowest BCUT2D eigenvalue weighted by atomic mass is 10.2. The molecule has 6 heteroatoms. The van der Waals surface area contributed by atoms with Gasteiger partial charge in [-0.25, -0.2) is 4.68 Å². The fraction of sp³-hybridized carbons (Fsp3) is 0.105. The van der Waals surface area contributed by atoms with E-state index in [1.165, 1.54) is 16.8 Å². The molecule has 0 spiro atoms. The van der Waals surface area contributed by atoms with Crippen LogP contribution in [0.2, 0.25) is 0 Å². The van der Waals surface area contributed by atoms with Crippen LogP contribution in [0, 0.1) is 0 Å². The van der Waals surface area contributed by atoms with Crippen molar-refractivity contribution < 1.29 is 9.53 Å². The van der Waals surface area contributed by atoms with Crippen LogP contribution in [-0.2, 0) is 13.2 Å². The van der Waals surface area contributed by atoms with Gasteiger partial charge in [0.05, 0.1) is 6.54 Å². The summed E-state index contributed by atoms with van der Waals surface area (Å²) in [6.07, 6.45) is 0. The number of aromatic nitrogens is 2. The predicted molar refractivity (Wildman–Crippen MR) is 93.3 cm³/mol. The van der Waals surface area contributed by atoms with Crippen molar-refractivity contribution in [1.82, 2.24) is 9.78 Å². The monoisotopic (exact) mass is 335 g/mol.